The lowest BCUT2D eigenvalue weighted by atomic mass is 10.2. The van der Waals surface area contributed by atoms with Crippen LogP contribution in [0.5, 0.6) is 0 Å². The molecule has 0 saturated heterocycles. The molecule has 78 valence electrons. The second kappa shape index (κ2) is 4.59. The molecule has 0 spiro atoms. The Labute approximate surface area is 98.3 Å². The highest BCUT2D eigenvalue weighted by Gasteiger charge is 2.16. The number of halogens is 1. The van der Waals surface area contributed by atoms with Crippen LogP contribution < -0.4 is 0 Å². The van der Waals surface area contributed by atoms with Crippen LogP contribution in [0.1, 0.15) is 5.56 Å². The summed E-state index contributed by atoms with van der Waals surface area (Å²) in [5.41, 5.74) is 1.02. The Morgan fingerprint density at radius 1 is 1.36 bits per heavy atom. The lowest BCUT2D eigenvalue weighted by molar-refractivity contribution is 0.520. The molecule has 0 fully saturated rings. The molecule has 3 nitrogen and oxygen atoms in total. The number of benzene rings is 1. The largest absolute Gasteiger partial charge is 0.242 e. The van der Waals surface area contributed by atoms with Crippen LogP contribution in [0.4, 0.5) is 0 Å². The minimum Gasteiger partial charge on any atom is -0.207 e. The fraction of sp³-hybridized carbons (Fsp3) is 0.333. The Hall–Kier alpha value is -0.140. The number of sulfonamides is 1. The fourth-order valence-corrected chi connectivity index (χ4v) is 2.45. The van der Waals surface area contributed by atoms with Gasteiger partial charge in [0, 0.05) is 18.5 Å². The van der Waals surface area contributed by atoms with Gasteiger partial charge < -0.3 is 0 Å². The van der Waals surface area contributed by atoms with Gasteiger partial charge in [0.2, 0.25) is 10.0 Å². The molecule has 1 rings (SSSR count). The minimum absolute atomic E-state index is 0.358. The Bertz CT molecular complexity index is 415. The third kappa shape index (κ3) is 2.46. The summed E-state index contributed by atoms with van der Waals surface area (Å²) in [7, 11) is -0.212. The molecule has 0 atom stereocenters. The van der Waals surface area contributed by atoms with E-state index in [1.165, 1.54) is 18.4 Å². The second-order valence-electron chi connectivity index (χ2n) is 3.07. The van der Waals surface area contributed by atoms with Crippen LogP contribution in [-0.4, -0.2) is 26.8 Å². The Balaban J connectivity index is 3.20. The number of rotatable bonds is 3. The lowest BCUT2D eigenvalue weighted by Gasteiger charge is -2.11. The van der Waals surface area contributed by atoms with E-state index in [1.807, 2.05) is 6.07 Å². The normalized spacial score (nSPS) is 12.0. The molecule has 0 N–H and O–H groups in total. The molecule has 0 aliphatic heterocycles. The van der Waals surface area contributed by atoms with E-state index < -0.39 is 10.0 Å². The van der Waals surface area contributed by atoms with Crippen LogP contribution in [0.3, 0.4) is 0 Å². The molecule has 1 aromatic carbocycles. The standard InChI is InChI=1S/C9H12INO2S/c1-11(2)14(12,13)9-5-3-4-8(6-9)7-10/h3-6H,7H2,1-2H3. The molecule has 0 heterocycles. The summed E-state index contributed by atoms with van der Waals surface area (Å²) in [6.07, 6.45) is 0. The van der Waals surface area contributed by atoms with Gasteiger partial charge in [-0.25, -0.2) is 12.7 Å². The van der Waals surface area contributed by atoms with Gasteiger partial charge >= 0.3 is 0 Å². The summed E-state index contributed by atoms with van der Waals surface area (Å²) in [6.45, 7) is 0. The summed E-state index contributed by atoms with van der Waals surface area (Å²) >= 11 is 2.21. The van der Waals surface area contributed by atoms with E-state index in [0.717, 1.165) is 9.99 Å². The van der Waals surface area contributed by atoms with Gasteiger partial charge in [-0.2, -0.15) is 0 Å². The van der Waals surface area contributed by atoms with E-state index >= 15 is 0 Å². The van der Waals surface area contributed by atoms with Crippen LogP contribution in [0.15, 0.2) is 29.2 Å². The van der Waals surface area contributed by atoms with Crippen molar-refractivity contribution < 1.29 is 8.42 Å². The second-order valence-corrected chi connectivity index (χ2v) is 5.98. The van der Waals surface area contributed by atoms with Crippen molar-refractivity contribution in [2.75, 3.05) is 14.1 Å². The van der Waals surface area contributed by atoms with Crippen molar-refractivity contribution >= 4 is 32.6 Å². The quantitative estimate of drug-likeness (QED) is 0.628. The first-order valence-electron chi connectivity index (χ1n) is 4.06. The summed E-state index contributed by atoms with van der Waals surface area (Å²) in [5, 5.41) is 0. The molecule has 0 aromatic heterocycles. The van der Waals surface area contributed by atoms with E-state index in [0.29, 0.717) is 4.90 Å². The smallest absolute Gasteiger partial charge is 0.207 e. The first kappa shape index (κ1) is 11.9. The molecule has 0 saturated carbocycles. The predicted molar refractivity (Wildman–Crippen MR) is 65.0 cm³/mol. The van der Waals surface area contributed by atoms with Crippen molar-refractivity contribution in [3.63, 3.8) is 0 Å². The molecule has 1 aromatic rings. The van der Waals surface area contributed by atoms with Gasteiger partial charge in [-0.1, -0.05) is 34.7 Å². The van der Waals surface area contributed by atoms with Crippen LogP contribution in [0.25, 0.3) is 0 Å². The maximum atomic E-state index is 11.7. The highest BCUT2D eigenvalue weighted by atomic mass is 127. The van der Waals surface area contributed by atoms with Gasteiger partial charge in [0.15, 0.2) is 0 Å². The zero-order valence-electron chi connectivity index (χ0n) is 8.07. The van der Waals surface area contributed by atoms with Gasteiger partial charge in [-0.3, -0.25) is 0 Å². The van der Waals surface area contributed by atoms with E-state index in [-0.39, 0.29) is 0 Å². The van der Waals surface area contributed by atoms with Crippen LogP contribution in [0, 0.1) is 0 Å². The lowest BCUT2D eigenvalue weighted by Crippen LogP contribution is -2.22. The summed E-state index contributed by atoms with van der Waals surface area (Å²) in [5.74, 6) is 0. The SMILES string of the molecule is CN(C)S(=O)(=O)c1cccc(CI)c1. The zero-order valence-corrected chi connectivity index (χ0v) is 11.0. The maximum Gasteiger partial charge on any atom is 0.242 e. The Morgan fingerprint density at radius 3 is 2.50 bits per heavy atom. The van der Waals surface area contributed by atoms with Crippen molar-refractivity contribution in [1.82, 2.24) is 4.31 Å². The van der Waals surface area contributed by atoms with Crippen LogP contribution >= 0.6 is 22.6 Å². The zero-order chi connectivity index (χ0) is 10.8. The highest BCUT2D eigenvalue weighted by molar-refractivity contribution is 14.1. The third-order valence-electron chi connectivity index (χ3n) is 1.83. The number of hydrogen-bond donors (Lipinski definition) is 0. The average molecular weight is 325 g/mol. The van der Waals surface area contributed by atoms with Gasteiger partial charge in [-0.15, -0.1) is 0 Å². The van der Waals surface area contributed by atoms with Gasteiger partial charge in [-0.05, 0) is 17.7 Å². The Morgan fingerprint density at radius 2 is 2.00 bits per heavy atom. The monoisotopic (exact) mass is 325 g/mol. The van der Waals surface area contributed by atoms with E-state index in [1.54, 1.807) is 18.2 Å². The van der Waals surface area contributed by atoms with Crippen molar-refractivity contribution in [2.45, 2.75) is 9.32 Å². The van der Waals surface area contributed by atoms with Crippen molar-refractivity contribution in [3.8, 4) is 0 Å². The molecule has 0 amide bonds. The number of hydrogen-bond acceptors (Lipinski definition) is 2. The van der Waals surface area contributed by atoms with Gasteiger partial charge in [0.1, 0.15) is 0 Å². The minimum atomic E-state index is -3.28. The van der Waals surface area contributed by atoms with Gasteiger partial charge in [0.25, 0.3) is 0 Å². The fourth-order valence-electron chi connectivity index (χ4n) is 1.000. The molecule has 5 heteroatoms. The average Bonchev–Trinajstić information content (AvgIpc) is 2.17. The highest BCUT2D eigenvalue weighted by Crippen LogP contribution is 2.16. The summed E-state index contributed by atoms with van der Waals surface area (Å²) in [4.78, 5) is 0.358. The molecule has 0 bridgehead atoms. The molecule has 0 unspecified atom stereocenters. The summed E-state index contributed by atoms with van der Waals surface area (Å²) in [6, 6.07) is 7.01. The van der Waals surface area contributed by atoms with E-state index in [4.69, 9.17) is 0 Å². The predicted octanol–water partition coefficient (Wildman–Crippen LogP) is 1.87. The first-order chi connectivity index (χ1) is 6.48. The van der Waals surface area contributed by atoms with Gasteiger partial charge in [0.05, 0.1) is 4.90 Å². The third-order valence-corrected chi connectivity index (χ3v) is 4.52. The molecular formula is C9H12INO2S. The van der Waals surface area contributed by atoms with E-state index in [9.17, 15) is 8.42 Å². The molecule has 0 radical (unpaired) electrons. The Kier molecular flexibility index (Phi) is 3.91. The van der Waals surface area contributed by atoms with Crippen molar-refractivity contribution in [3.05, 3.63) is 29.8 Å². The van der Waals surface area contributed by atoms with Crippen molar-refractivity contribution in [1.29, 1.82) is 0 Å². The first-order valence-corrected chi connectivity index (χ1v) is 7.02. The number of alkyl halides is 1. The molecular weight excluding hydrogens is 313 g/mol. The molecule has 0 aliphatic rings. The molecule has 14 heavy (non-hydrogen) atoms. The topological polar surface area (TPSA) is 37.4 Å². The van der Waals surface area contributed by atoms with E-state index in [2.05, 4.69) is 22.6 Å². The van der Waals surface area contributed by atoms with Crippen molar-refractivity contribution in [2.24, 2.45) is 0 Å². The van der Waals surface area contributed by atoms with Crippen LogP contribution in [0.2, 0.25) is 0 Å². The number of nitrogens with zero attached hydrogens (tertiary/aromatic N) is 1. The van der Waals surface area contributed by atoms with Crippen LogP contribution in [-0.2, 0) is 14.5 Å². The maximum absolute atomic E-state index is 11.7. The molecule has 0 aliphatic carbocycles. The summed E-state index contributed by atoms with van der Waals surface area (Å²) < 4.78 is 25.5.